The number of rotatable bonds is 2. The third-order valence-corrected chi connectivity index (χ3v) is 7.10. The summed E-state index contributed by atoms with van der Waals surface area (Å²) in [5.74, 6) is 0.415. The first-order valence-electron chi connectivity index (χ1n) is 3.58. The van der Waals surface area contributed by atoms with E-state index in [4.69, 9.17) is 4.74 Å². The lowest BCUT2D eigenvalue weighted by Crippen LogP contribution is -2.26. The molecule has 1 rings (SSSR count). The van der Waals surface area contributed by atoms with E-state index in [1.54, 1.807) is 0 Å². The molecule has 0 atom stereocenters. The molecule has 0 bridgehead atoms. The van der Waals surface area contributed by atoms with E-state index in [1.165, 1.54) is 0 Å². The lowest BCUT2D eigenvalue weighted by molar-refractivity contribution is 0.158. The molecule has 0 unspecified atom stereocenters. The monoisotopic (exact) mass is 291 g/mol. The van der Waals surface area contributed by atoms with Crippen LogP contribution in [0.5, 0.6) is 0 Å². The molecule has 13 heavy (non-hydrogen) atoms. The van der Waals surface area contributed by atoms with Gasteiger partial charge in [-0.15, -0.1) is 3.77 Å². The summed E-state index contributed by atoms with van der Waals surface area (Å²) in [7, 11) is -6.14. The first kappa shape index (κ1) is 11.4. The molecule has 1 aliphatic rings. The van der Waals surface area contributed by atoms with Crippen LogP contribution in [0, 0.1) is 0 Å². The lowest BCUT2D eigenvalue weighted by atomic mass is 10.8. The fourth-order valence-electron chi connectivity index (χ4n) is 0.884. The molecule has 0 saturated carbocycles. The van der Waals surface area contributed by atoms with Crippen molar-refractivity contribution in [2.75, 3.05) is 29.4 Å². The number of halogens is 1. The van der Waals surface area contributed by atoms with Crippen molar-refractivity contribution in [3.63, 3.8) is 0 Å². The topological polar surface area (TPSA) is 72.8 Å². The predicted molar refractivity (Wildman–Crippen MR) is 53.8 cm³/mol. The number of ether oxygens (including phenoxy) is 1. The van der Waals surface area contributed by atoms with Gasteiger partial charge in [-0.05, 0) is 0 Å². The smallest absolute Gasteiger partial charge is 0.270 e. The fourth-order valence-corrected chi connectivity index (χ4v) is 5.01. The van der Waals surface area contributed by atoms with E-state index >= 15 is 0 Å². The molecule has 0 N–H and O–H groups in total. The van der Waals surface area contributed by atoms with Crippen molar-refractivity contribution in [1.82, 2.24) is 0 Å². The van der Waals surface area contributed by atoms with Crippen LogP contribution in [0.25, 0.3) is 0 Å². The van der Waals surface area contributed by atoms with Gasteiger partial charge in [0.05, 0.1) is 34.4 Å². The highest BCUT2D eigenvalue weighted by Gasteiger charge is 2.18. The van der Waals surface area contributed by atoms with Crippen molar-refractivity contribution >= 4 is 35.7 Å². The van der Waals surface area contributed by atoms with E-state index in [0.717, 1.165) is 0 Å². The molecule has 0 aromatic heterocycles. The van der Waals surface area contributed by atoms with E-state index in [0.29, 0.717) is 13.2 Å². The van der Waals surface area contributed by atoms with Crippen LogP contribution in [0.1, 0.15) is 0 Å². The number of hydrogen-bond donors (Lipinski definition) is 0. The van der Waals surface area contributed by atoms with Gasteiger partial charge in [-0.25, -0.2) is 12.6 Å². The molecule has 0 aliphatic carbocycles. The molecule has 5 nitrogen and oxygen atoms in total. The quantitative estimate of drug-likeness (QED) is 0.680. The first-order valence-corrected chi connectivity index (χ1v) is 8.16. The van der Waals surface area contributed by atoms with Gasteiger partial charge in [0.15, 0.2) is 0 Å². The summed E-state index contributed by atoms with van der Waals surface area (Å²) < 4.78 is 41.9. The Kier molecular flexibility index (Phi) is 3.73. The summed E-state index contributed by atoms with van der Waals surface area (Å²) in [5.41, 5.74) is 0. The van der Waals surface area contributed by atoms with Gasteiger partial charge >= 0.3 is 0 Å². The summed E-state index contributed by atoms with van der Waals surface area (Å²) in [5, 5.41) is 0. The second kappa shape index (κ2) is 4.24. The summed E-state index contributed by atoms with van der Waals surface area (Å²) in [6.45, 7) is 0.639. The molecule has 0 aromatic carbocycles. The first-order chi connectivity index (χ1) is 5.97. The molecule has 0 amide bonds. The number of alkyl halides is 1. The zero-order chi connectivity index (χ0) is 9.95. The maximum atomic E-state index is 11.7. The van der Waals surface area contributed by atoms with E-state index in [1.807, 2.05) is 0 Å². The Morgan fingerprint density at radius 3 is 2.38 bits per heavy atom. The maximum Gasteiger partial charge on any atom is 0.270 e. The third kappa shape index (κ3) is 3.53. The largest absolute Gasteiger partial charge is 0.379 e. The van der Waals surface area contributed by atoms with Gasteiger partial charge < -0.3 is 4.74 Å². The fraction of sp³-hybridized carbons (Fsp3) is 1.00. The molecule has 0 radical (unpaired) electrons. The Balaban J connectivity index is 2.97. The molecule has 0 spiro atoms. The van der Waals surface area contributed by atoms with Gasteiger partial charge in [0.25, 0.3) is 10.0 Å². The van der Waals surface area contributed by atoms with E-state index in [2.05, 4.69) is 19.7 Å². The van der Waals surface area contributed by atoms with Crippen molar-refractivity contribution < 1.29 is 17.4 Å². The minimum Gasteiger partial charge on any atom is -0.379 e. The second-order valence-corrected chi connectivity index (χ2v) is 8.27. The molecule has 1 aliphatic heterocycles. The molecule has 1 fully saturated rings. The third-order valence-electron chi connectivity index (χ3n) is 1.48. The van der Waals surface area contributed by atoms with Crippen molar-refractivity contribution in [2.24, 2.45) is 3.77 Å². The summed E-state index contributed by atoms with van der Waals surface area (Å²) >= 11 is 2.78. The predicted octanol–water partition coefficient (Wildman–Crippen LogP) is 0.167. The standard InChI is InChI=1S/C5H10BrNO4S2/c6-5-13(9,10)7-12(8)3-1-11-2-4-12/h1-5H2. The summed E-state index contributed by atoms with van der Waals surface area (Å²) in [4.78, 5) is 0. The SMILES string of the molecule is O=S(=O)(CBr)N=S1(=O)CCOCC1. The van der Waals surface area contributed by atoms with Crippen molar-refractivity contribution in [3.8, 4) is 0 Å². The normalized spacial score (nSPS) is 22.5. The average Bonchev–Trinajstić information content (AvgIpc) is 2.04. The molecular formula is C5H10BrNO4S2. The zero-order valence-electron chi connectivity index (χ0n) is 6.81. The number of hydrogen-bond acceptors (Lipinski definition) is 4. The highest BCUT2D eigenvalue weighted by molar-refractivity contribution is 9.10. The Labute approximate surface area is 86.2 Å². The van der Waals surface area contributed by atoms with E-state index in [9.17, 15) is 12.6 Å². The van der Waals surface area contributed by atoms with Gasteiger partial charge in [0.2, 0.25) is 0 Å². The molecule has 0 aromatic rings. The maximum absolute atomic E-state index is 11.7. The molecule has 1 saturated heterocycles. The van der Waals surface area contributed by atoms with Gasteiger partial charge in [-0.1, -0.05) is 15.9 Å². The Bertz CT molecular complexity index is 369. The van der Waals surface area contributed by atoms with Crippen LogP contribution < -0.4 is 0 Å². The molecule has 8 heteroatoms. The number of sulfonamides is 1. The van der Waals surface area contributed by atoms with E-state index in [-0.39, 0.29) is 16.2 Å². The van der Waals surface area contributed by atoms with Crippen molar-refractivity contribution in [3.05, 3.63) is 0 Å². The lowest BCUT2D eigenvalue weighted by Gasteiger charge is -2.15. The molecule has 78 valence electrons. The molecular weight excluding hydrogens is 282 g/mol. The van der Waals surface area contributed by atoms with Crippen molar-refractivity contribution in [2.45, 2.75) is 0 Å². The Morgan fingerprint density at radius 2 is 1.92 bits per heavy atom. The van der Waals surface area contributed by atoms with Crippen molar-refractivity contribution in [1.29, 1.82) is 0 Å². The highest BCUT2D eigenvalue weighted by Crippen LogP contribution is 2.08. The summed E-state index contributed by atoms with van der Waals surface area (Å²) in [6, 6.07) is 0. The van der Waals surface area contributed by atoms with Crippen LogP contribution in [0.2, 0.25) is 0 Å². The van der Waals surface area contributed by atoms with Crippen LogP contribution in [0.15, 0.2) is 3.77 Å². The average molecular weight is 292 g/mol. The van der Waals surface area contributed by atoms with Gasteiger partial charge in [-0.2, -0.15) is 0 Å². The second-order valence-electron chi connectivity index (χ2n) is 2.56. The Hall–Kier alpha value is 0.340. The van der Waals surface area contributed by atoms with Gasteiger partial charge in [0, 0.05) is 0 Å². The highest BCUT2D eigenvalue weighted by atomic mass is 79.9. The Morgan fingerprint density at radius 1 is 1.38 bits per heavy atom. The van der Waals surface area contributed by atoms with Gasteiger partial charge in [0.1, 0.15) is 4.66 Å². The minimum atomic E-state index is -3.57. The van der Waals surface area contributed by atoms with Crippen LogP contribution >= 0.6 is 15.9 Å². The molecule has 1 heterocycles. The van der Waals surface area contributed by atoms with Gasteiger partial charge in [-0.3, -0.25) is 0 Å². The zero-order valence-corrected chi connectivity index (χ0v) is 10.0. The van der Waals surface area contributed by atoms with E-state index < -0.39 is 19.8 Å². The minimum absolute atomic E-state index is 0.208. The van der Waals surface area contributed by atoms with Crippen LogP contribution in [-0.2, 0) is 24.5 Å². The van der Waals surface area contributed by atoms with Crippen LogP contribution in [-0.4, -0.2) is 42.0 Å². The summed E-state index contributed by atoms with van der Waals surface area (Å²) in [6.07, 6.45) is 0. The van der Waals surface area contributed by atoms with Crippen LogP contribution in [0.4, 0.5) is 0 Å². The van der Waals surface area contributed by atoms with Crippen LogP contribution in [0.3, 0.4) is 0 Å². The number of nitrogens with zero attached hydrogens (tertiary/aromatic N) is 1.